The van der Waals surface area contributed by atoms with E-state index in [0.29, 0.717) is 11.1 Å². The van der Waals surface area contributed by atoms with Crippen molar-refractivity contribution < 1.29 is 4.42 Å². The normalized spacial score (nSPS) is 18.7. The van der Waals surface area contributed by atoms with Crippen LogP contribution in [0.5, 0.6) is 0 Å². The highest BCUT2D eigenvalue weighted by molar-refractivity contribution is 6.31. The lowest BCUT2D eigenvalue weighted by atomic mass is 10.2. The number of fused-ring (bicyclic) bond motifs is 3. The number of aromatic nitrogens is 2. The summed E-state index contributed by atoms with van der Waals surface area (Å²) in [6.45, 7) is 3.81. The number of hydrogen-bond acceptors (Lipinski definition) is 5. The molecule has 5 nitrogen and oxygen atoms in total. The Morgan fingerprint density at radius 3 is 3.00 bits per heavy atom. The molecule has 1 fully saturated rings. The van der Waals surface area contributed by atoms with E-state index in [1.54, 1.807) is 0 Å². The van der Waals surface area contributed by atoms with Crippen molar-refractivity contribution in [1.82, 2.24) is 15.3 Å². The lowest BCUT2D eigenvalue weighted by molar-refractivity contribution is 0.615. The largest absolute Gasteiger partial charge is 0.450 e. The molecule has 0 spiro atoms. The lowest BCUT2D eigenvalue weighted by Crippen LogP contribution is -2.30. The molecule has 1 saturated heterocycles. The summed E-state index contributed by atoms with van der Waals surface area (Å²) in [5, 5.41) is 4.96. The molecule has 1 aliphatic rings. The first kappa shape index (κ1) is 13.8. The minimum atomic E-state index is 0.490. The molecule has 0 saturated carbocycles. The SMILES string of the molecule is CNC1CCN(c2nc(C)nc3c2oc2ccc(Cl)cc23)C1. The van der Waals surface area contributed by atoms with Crippen molar-refractivity contribution in [2.75, 3.05) is 25.0 Å². The van der Waals surface area contributed by atoms with E-state index in [1.807, 2.05) is 32.2 Å². The molecule has 0 radical (unpaired) electrons. The van der Waals surface area contributed by atoms with Crippen LogP contribution in [0, 0.1) is 6.92 Å². The highest BCUT2D eigenvalue weighted by Crippen LogP contribution is 2.35. The van der Waals surface area contributed by atoms with Crippen molar-refractivity contribution in [2.45, 2.75) is 19.4 Å². The average Bonchev–Trinajstić information content (AvgIpc) is 3.11. The highest BCUT2D eigenvalue weighted by Gasteiger charge is 2.26. The zero-order valence-electron chi connectivity index (χ0n) is 12.6. The van der Waals surface area contributed by atoms with Crippen LogP contribution in [0.1, 0.15) is 12.2 Å². The minimum Gasteiger partial charge on any atom is -0.450 e. The first-order valence-corrected chi connectivity index (χ1v) is 7.82. The Hall–Kier alpha value is -1.85. The quantitative estimate of drug-likeness (QED) is 0.787. The van der Waals surface area contributed by atoms with E-state index < -0.39 is 0 Å². The van der Waals surface area contributed by atoms with Crippen LogP contribution in [0.3, 0.4) is 0 Å². The minimum absolute atomic E-state index is 0.490. The smallest absolute Gasteiger partial charge is 0.196 e. The summed E-state index contributed by atoms with van der Waals surface area (Å²) in [6, 6.07) is 6.11. The maximum Gasteiger partial charge on any atom is 0.196 e. The fourth-order valence-corrected chi connectivity index (χ4v) is 3.28. The summed E-state index contributed by atoms with van der Waals surface area (Å²) in [7, 11) is 2.00. The van der Waals surface area contributed by atoms with Gasteiger partial charge in [0.1, 0.15) is 16.9 Å². The second-order valence-electron chi connectivity index (χ2n) is 5.73. The third kappa shape index (κ3) is 2.12. The van der Waals surface area contributed by atoms with Gasteiger partial charge >= 0.3 is 0 Å². The van der Waals surface area contributed by atoms with Gasteiger partial charge in [-0.2, -0.15) is 0 Å². The van der Waals surface area contributed by atoms with Gasteiger partial charge in [0.15, 0.2) is 11.4 Å². The summed E-state index contributed by atoms with van der Waals surface area (Å²) < 4.78 is 6.03. The van der Waals surface area contributed by atoms with Crippen molar-refractivity contribution in [3.05, 3.63) is 29.0 Å². The Labute approximate surface area is 133 Å². The standard InChI is InChI=1S/C16H17ClN4O/c1-9-19-14-12-7-10(17)3-4-13(12)22-15(14)16(20-9)21-6-5-11(8-21)18-2/h3-4,7,11,18H,5-6,8H2,1-2H3. The number of benzene rings is 1. The van der Waals surface area contributed by atoms with Gasteiger partial charge in [-0.1, -0.05) is 11.6 Å². The molecular formula is C16H17ClN4O. The zero-order chi connectivity index (χ0) is 15.3. The molecule has 3 aromatic rings. The van der Waals surface area contributed by atoms with Crippen LogP contribution in [0.2, 0.25) is 5.02 Å². The molecule has 1 aliphatic heterocycles. The van der Waals surface area contributed by atoms with Crippen molar-refractivity contribution in [3.63, 3.8) is 0 Å². The van der Waals surface area contributed by atoms with Crippen molar-refractivity contribution in [3.8, 4) is 0 Å². The van der Waals surface area contributed by atoms with Crippen LogP contribution >= 0.6 is 11.6 Å². The first-order valence-electron chi connectivity index (χ1n) is 7.44. The zero-order valence-corrected chi connectivity index (χ0v) is 13.3. The molecule has 0 aliphatic carbocycles. The van der Waals surface area contributed by atoms with E-state index in [9.17, 15) is 0 Å². The molecule has 0 amide bonds. The molecule has 0 bridgehead atoms. The van der Waals surface area contributed by atoms with Crippen LogP contribution < -0.4 is 10.2 Å². The third-order valence-corrected chi connectivity index (χ3v) is 4.50. The Morgan fingerprint density at radius 1 is 1.36 bits per heavy atom. The summed E-state index contributed by atoms with van der Waals surface area (Å²) in [5.41, 5.74) is 2.39. The number of anilines is 1. The maximum absolute atomic E-state index is 6.12. The Kier molecular flexibility index (Phi) is 3.20. The summed E-state index contributed by atoms with van der Waals surface area (Å²) >= 11 is 6.12. The molecule has 114 valence electrons. The monoisotopic (exact) mass is 316 g/mol. The van der Waals surface area contributed by atoms with Gasteiger partial charge in [-0.05, 0) is 38.6 Å². The number of furan rings is 1. The molecule has 1 N–H and O–H groups in total. The Balaban J connectivity index is 1.93. The number of rotatable bonds is 2. The second-order valence-corrected chi connectivity index (χ2v) is 6.17. The van der Waals surface area contributed by atoms with Gasteiger partial charge in [0.25, 0.3) is 0 Å². The average molecular weight is 317 g/mol. The van der Waals surface area contributed by atoms with Crippen LogP contribution in [0.15, 0.2) is 22.6 Å². The summed E-state index contributed by atoms with van der Waals surface area (Å²) in [5.74, 6) is 1.63. The Morgan fingerprint density at radius 2 is 2.23 bits per heavy atom. The predicted molar refractivity (Wildman–Crippen MR) is 88.7 cm³/mol. The van der Waals surface area contributed by atoms with Crippen molar-refractivity contribution >= 4 is 39.5 Å². The molecule has 2 aromatic heterocycles. The summed E-state index contributed by atoms with van der Waals surface area (Å²) in [4.78, 5) is 11.5. The first-order chi connectivity index (χ1) is 10.7. The van der Waals surface area contributed by atoms with Crippen molar-refractivity contribution in [2.24, 2.45) is 0 Å². The predicted octanol–water partition coefficient (Wildman–Crippen LogP) is 3.14. The fraction of sp³-hybridized carbons (Fsp3) is 0.375. The number of hydrogen-bond donors (Lipinski definition) is 1. The number of nitrogens with one attached hydrogen (secondary N) is 1. The van der Waals surface area contributed by atoms with E-state index in [4.69, 9.17) is 16.0 Å². The molecule has 6 heteroatoms. The van der Waals surface area contributed by atoms with Gasteiger partial charge in [0.2, 0.25) is 0 Å². The van der Waals surface area contributed by atoms with E-state index in [1.165, 1.54) is 0 Å². The van der Waals surface area contributed by atoms with Crippen LogP contribution in [0.25, 0.3) is 22.1 Å². The number of halogens is 1. The number of nitrogens with zero attached hydrogens (tertiary/aromatic N) is 3. The van der Waals surface area contributed by atoms with Crippen molar-refractivity contribution in [1.29, 1.82) is 0 Å². The van der Waals surface area contributed by atoms with Gasteiger partial charge in [-0.25, -0.2) is 9.97 Å². The van der Waals surface area contributed by atoms with Gasteiger partial charge < -0.3 is 14.6 Å². The summed E-state index contributed by atoms with van der Waals surface area (Å²) in [6.07, 6.45) is 1.10. The van der Waals surface area contributed by atoms with Gasteiger partial charge in [0.05, 0.1) is 0 Å². The Bertz CT molecular complexity index is 860. The van der Waals surface area contributed by atoms with Gasteiger partial charge in [0, 0.05) is 29.5 Å². The van der Waals surface area contributed by atoms with Gasteiger partial charge in [-0.3, -0.25) is 0 Å². The molecule has 1 unspecified atom stereocenters. The van der Waals surface area contributed by atoms with E-state index in [0.717, 1.165) is 53.2 Å². The molecule has 22 heavy (non-hydrogen) atoms. The molecule has 1 aromatic carbocycles. The lowest BCUT2D eigenvalue weighted by Gasteiger charge is -2.17. The fourth-order valence-electron chi connectivity index (χ4n) is 3.11. The second kappa shape index (κ2) is 5.11. The van der Waals surface area contributed by atoms with Crippen LogP contribution in [-0.2, 0) is 0 Å². The van der Waals surface area contributed by atoms with E-state index >= 15 is 0 Å². The van der Waals surface area contributed by atoms with Crippen LogP contribution in [0.4, 0.5) is 5.82 Å². The number of likely N-dealkylation sites (N-methyl/N-ethyl adjacent to an activating group) is 1. The van der Waals surface area contributed by atoms with Gasteiger partial charge in [-0.15, -0.1) is 0 Å². The van der Waals surface area contributed by atoms with E-state index in [-0.39, 0.29) is 0 Å². The molecule has 3 heterocycles. The third-order valence-electron chi connectivity index (χ3n) is 4.26. The maximum atomic E-state index is 6.12. The van der Waals surface area contributed by atoms with Crippen LogP contribution in [-0.4, -0.2) is 36.1 Å². The number of aryl methyl sites for hydroxylation is 1. The van der Waals surface area contributed by atoms with E-state index in [2.05, 4.69) is 20.2 Å². The molecule has 1 atom stereocenters. The molecular weight excluding hydrogens is 300 g/mol. The highest BCUT2D eigenvalue weighted by atomic mass is 35.5. The molecule has 4 rings (SSSR count). The topological polar surface area (TPSA) is 54.2 Å².